The maximum Gasteiger partial charge on any atom is 0.329 e. The minimum absolute atomic E-state index is 0.131. The van der Waals surface area contributed by atoms with Gasteiger partial charge < -0.3 is 10.4 Å². The van der Waals surface area contributed by atoms with Crippen molar-refractivity contribution in [2.75, 3.05) is 0 Å². The zero-order valence-corrected chi connectivity index (χ0v) is 9.85. The number of amides is 1. The van der Waals surface area contributed by atoms with Crippen LogP contribution in [0.5, 0.6) is 0 Å². The number of rotatable bonds is 4. The van der Waals surface area contributed by atoms with Gasteiger partial charge in [-0.15, -0.1) is 0 Å². The molecule has 0 radical (unpaired) electrons. The number of carbonyl (C=O) groups is 2. The molecule has 1 saturated carbocycles. The van der Waals surface area contributed by atoms with Crippen LogP contribution in [-0.4, -0.2) is 27.4 Å². The van der Waals surface area contributed by atoms with Gasteiger partial charge in [0.05, 0.1) is 4.92 Å². The van der Waals surface area contributed by atoms with Crippen LogP contribution in [0.1, 0.15) is 23.2 Å². The van der Waals surface area contributed by atoms with Gasteiger partial charge in [0, 0.05) is 6.07 Å². The lowest BCUT2D eigenvalue weighted by Gasteiger charge is -2.13. The fourth-order valence-electron chi connectivity index (χ4n) is 1.69. The van der Waals surface area contributed by atoms with Gasteiger partial charge in [-0.3, -0.25) is 14.9 Å². The Labute approximate surface area is 110 Å². The monoisotopic (exact) mass is 286 g/mol. The topological polar surface area (TPSA) is 110 Å². The summed E-state index contributed by atoms with van der Waals surface area (Å²) in [5.74, 6) is -5.58. The number of benzene rings is 1. The predicted molar refractivity (Wildman–Crippen MR) is 60.1 cm³/mol. The molecule has 0 aliphatic heterocycles. The number of nitro benzene ring substituents is 1. The van der Waals surface area contributed by atoms with Crippen LogP contribution in [0, 0.1) is 21.7 Å². The first kappa shape index (κ1) is 13.8. The first-order valence-electron chi connectivity index (χ1n) is 5.47. The van der Waals surface area contributed by atoms with Gasteiger partial charge in [0.25, 0.3) is 5.91 Å². The van der Waals surface area contributed by atoms with Gasteiger partial charge in [0.15, 0.2) is 0 Å². The summed E-state index contributed by atoms with van der Waals surface area (Å²) in [5, 5.41) is 21.4. The van der Waals surface area contributed by atoms with E-state index in [2.05, 4.69) is 0 Å². The Morgan fingerprint density at radius 2 is 1.95 bits per heavy atom. The molecule has 106 valence electrons. The Morgan fingerprint density at radius 1 is 1.35 bits per heavy atom. The highest BCUT2D eigenvalue weighted by Crippen LogP contribution is 2.36. The third-order valence-corrected chi connectivity index (χ3v) is 3.01. The molecule has 0 bridgehead atoms. The van der Waals surface area contributed by atoms with Crippen molar-refractivity contribution in [1.29, 1.82) is 0 Å². The van der Waals surface area contributed by atoms with Crippen LogP contribution in [0.15, 0.2) is 12.1 Å². The third kappa shape index (κ3) is 2.17. The first-order valence-corrected chi connectivity index (χ1v) is 5.47. The van der Waals surface area contributed by atoms with Crippen LogP contribution < -0.4 is 5.32 Å². The molecule has 2 N–H and O–H groups in total. The molecule has 9 heteroatoms. The van der Waals surface area contributed by atoms with Crippen LogP contribution in [0.3, 0.4) is 0 Å². The molecule has 0 heterocycles. The number of hydrogen-bond donors (Lipinski definition) is 2. The minimum Gasteiger partial charge on any atom is -0.480 e. The molecule has 20 heavy (non-hydrogen) atoms. The average Bonchev–Trinajstić information content (AvgIpc) is 3.09. The van der Waals surface area contributed by atoms with Crippen molar-refractivity contribution < 1.29 is 28.4 Å². The number of carboxylic acid groups (broad SMARTS) is 1. The lowest BCUT2D eigenvalue weighted by atomic mass is 10.1. The Bertz CT molecular complexity index is 627. The van der Waals surface area contributed by atoms with E-state index < -0.39 is 45.2 Å². The van der Waals surface area contributed by atoms with E-state index in [1.54, 1.807) is 0 Å². The van der Waals surface area contributed by atoms with E-state index in [-0.39, 0.29) is 12.8 Å². The van der Waals surface area contributed by atoms with Gasteiger partial charge in [-0.05, 0) is 18.9 Å². The normalized spacial score (nSPS) is 15.5. The summed E-state index contributed by atoms with van der Waals surface area (Å²) < 4.78 is 27.2. The maximum atomic E-state index is 13.7. The molecule has 1 aliphatic rings. The molecule has 2 rings (SSSR count). The van der Waals surface area contributed by atoms with Crippen LogP contribution >= 0.6 is 0 Å². The summed E-state index contributed by atoms with van der Waals surface area (Å²) in [5.41, 5.74) is -3.76. The van der Waals surface area contributed by atoms with E-state index in [4.69, 9.17) is 5.11 Å². The largest absolute Gasteiger partial charge is 0.480 e. The molecule has 0 atom stereocenters. The predicted octanol–water partition coefficient (Wildman–Crippen LogP) is 1.22. The molecular formula is C11H8F2N2O5. The van der Waals surface area contributed by atoms with E-state index in [9.17, 15) is 28.5 Å². The quantitative estimate of drug-likeness (QED) is 0.638. The molecular weight excluding hydrogens is 278 g/mol. The third-order valence-electron chi connectivity index (χ3n) is 3.01. The van der Waals surface area contributed by atoms with E-state index in [0.29, 0.717) is 12.1 Å². The Hall–Kier alpha value is -2.58. The first-order chi connectivity index (χ1) is 9.28. The number of carbonyl (C=O) groups excluding carboxylic acids is 1. The smallest absolute Gasteiger partial charge is 0.329 e. The van der Waals surface area contributed by atoms with Gasteiger partial charge in [0.2, 0.25) is 5.82 Å². The summed E-state index contributed by atoms with van der Waals surface area (Å²) in [6.07, 6.45) is 0.262. The standard InChI is InChI=1S/C11H8F2N2O5/c12-5-1-2-6(15(19)20)8(13)7(5)9(16)14-11(3-4-11)10(17)18/h1-2H,3-4H2,(H,14,16)(H,17,18). The SMILES string of the molecule is O=C(NC1(C(=O)O)CC1)c1c(F)ccc([N+](=O)[O-])c1F. The van der Waals surface area contributed by atoms with Crippen molar-refractivity contribution in [3.63, 3.8) is 0 Å². The second-order valence-electron chi connectivity index (χ2n) is 4.35. The Balaban J connectivity index is 2.37. The van der Waals surface area contributed by atoms with Crippen LogP contribution in [0.4, 0.5) is 14.5 Å². The molecule has 1 aromatic rings. The zero-order chi connectivity index (χ0) is 15.1. The summed E-state index contributed by atoms with van der Waals surface area (Å²) in [7, 11) is 0. The number of carboxylic acids is 1. The van der Waals surface area contributed by atoms with Gasteiger partial charge in [-0.2, -0.15) is 4.39 Å². The Kier molecular flexibility index (Phi) is 3.12. The molecule has 0 unspecified atom stereocenters. The highest BCUT2D eigenvalue weighted by atomic mass is 19.1. The lowest BCUT2D eigenvalue weighted by molar-refractivity contribution is -0.387. The highest BCUT2D eigenvalue weighted by Gasteiger charge is 2.52. The number of hydrogen-bond acceptors (Lipinski definition) is 4. The highest BCUT2D eigenvalue weighted by molar-refractivity contribution is 5.99. The van der Waals surface area contributed by atoms with Crippen molar-refractivity contribution in [3.05, 3.63) is 39.4 Å². The van der Waals surface area contributed by atoms with Crippen molar-refractivity contribution in [1.82, 2.24) is 5.32 Å². The molecule has 1 amide bonds. The second-order valence-corrected chi connectivity index (χ2v) is 4.35. The van der Waals surface area contributed by atoms with E-state index >= 15 is 0 Å². The molecule has 0 spiro atoms. The summed E-state index contributed by atoms with van der Waals surface area (Å²) in [4.78, 5) is 32.1. The number of aliphatic carboxylic acids is 1. The average molecular weight is 286 g/mol. The van der Waals surface area contributed by atoms with Crippen molar-refractivity contribution in [2.24, 2.45) is 0 Å². The molecule has 0 saturated heterocycles. The molecule has 7 nitrogen and oxygen atoms in total. The van der Waals surface area contributed by atoms with Crippen LogP contribution in [0.25, 0.3) is 0 Å². The molecule has 1 fully saturated rings. The summed E-state index contributed by atoms with van der Waals surface area (Å²) >= 11 is 0. The summed E-state index contributed by atoms with van der Waals surface area (Å²) in [6, 6.07) is 1.17. The Morgan fingerprint density at radius 3 is 2.40 bits per heavy atom. The van der Waals surface area contributed by atoms with E-state index in [0.717, 1.165) is 0 Å². The molecule has 0 aromatic heterocycles. The summed E-state index contributed by atoms with van der Waals surface area (Å²) in [6.45, 7) is 0. The van der Waals surface area contributed by atoms with Crippen molar-refractivity contribution in [3.8, 4) is 0 Å². The molecule has 1 aliphatic carbocycles. The minimum atomic E-state index is -1.63. The van der Waals surface area contributed by atoms with Gasteiger partial charge >= 0.3 is 11.7 Å². The number of nitrogens with zero attached hydrogens (tertiary/aromatic N) is 1. The van der Waals surface area contributed by atoms with Gasteiger partial charge in [-0.1, -0.05) is 0 Å². The van der Waals surface area contributed by atoms with Crippen molar-refractivity contribution >= 4 is 17.6 Å². The number of nitrogens with one attached hydrogen (secondary N) is 1. The lowest BCUT2D eigenvalue weighted by Crippen LogP contribution is -2.43. The van der Waals surface area contributed by atoms with E-state index in [1.165, 1.54) is 0 Å². The molecule has 1 aromatic carbocycles. The fourth-order valence-corrected chi connectivity index (χ4v) is 1.69. The second kappa shape index (κ2) is 4.51. The zero-order valence-electron chi connectivity index (χ0n) is 9.85. The number of nitro groups is 1. The van der Waals surface area contributed by atoms with Crippen LogP contribution in [-0.2, 0) is 4.79 Å². The van der Waals surface area contributed by atoms with Gasteiger partial charge in [0.1, 0.15) is 16.9 Å². The van der Waals surface area contributed by atoms with Crippen LogP contribution in [0.2, 0.25) is 0 Å². The fraction of sp³-hybridized carbons (Fsp3) is 0.273. The van der Waals surface area contributed by atoms with Crippen molar-refractivity contribution in [2.45, 2.75) is 18.4 Å². The maximum absolute atomic E-state index is 13.7. The van der Waals surface area contributed by atoms with E-state index in [1.807, 2.05) is 5.32 Å². The number of halogens is 2. The van der Waals surface area contributed by atoms with Gasteiger partial charge in [-0.25, -0.2) is 9.18 Å².